The van der Waals surface area contributed by atoms with Crippen molar-refractivity contribution in [2.75, 3.05) is 13.2 Å². The molecule has 1 aromatic carbocycles. The van der Waals surface area contributed by atoms with E-state index in [2.05, 4.69) is 10.4 Å². The van der Waals surface area contributed by atoms with Gasteiger partial charge in [0.15, 0.2) is 11.5 Å². The summed E-state index contributed by atoms with van der Waals surface area (Å²) in [5.74, 6) is 1.60. The predicted octanol–water partition coefficient (Wildman–Crippen LogP) is 2.00. The number of rotatable bonds is 4. The van der Waals surface area contributed by atoms with Crippen LogP contribution < -0.4 is 14.8 Å². The van der Waals surface area contributed by atoms with Gasteiger partial charge >= 0.3 is 0 Å². The van der Waals surface area contributed by atoms with E-state index in [9.17, 15) is 0 Å². The number of benzene rings is 1. The Morgan fingerprint density at radius 1 is 1.40 bits per heavy atom. The highest BCUT2D eigenvalue weighted by molar-refractivity contribution is 6.31. The summed E-state index contributed by atoms with van der Waals surface area (Å²) in [6, 6.07) is 7.70. The lowest BCUT2D eigenvalue weighted by Crippen LogP contribution is -2.38. The highest BCUT2D eigenvalue weighted by atomic mass is 35.5. The second kappa shape index (κ2) is 5.73. The quantitative estimate of drug-likeness (QED) is 0.937. The molecule has 0 saturated carbocycles. The monoisotopic (exact) mass is 293 g/mol. The fraction of sp³-hybridized carbons (Fsp3) is 0.357. The molecule has 5 nitrogen and oxygen atoms in total. The first kappa shape index (κ1) is 13.3. The molecule has 0 aliphatic carbocycles. The first-order valence-corrected chi connectivity index (χ1v) is 6.87. The fourth-order valence-corrected chi connectivity index (χ4v) is 2.38. The Labute approximate surface area is 122 Å². The van der Waals surface area contributed by atoms with E-state index in [-0.39, 0.29) is 6.10 Å². The lowest BCUT2D eigenvalue weighted by Gasteiger charge is -2.26. The number of halogens is 1. The van der Waals surface area contributed by atoms with Crippen LogP contribution in [0.15, 0.2) is 30.5 Å². The van der Waals surface area contributed by atoms with Crippen LogP contribution in [0, 0.1) is 0 Å². The van der Waals surface area contributed by atoms with Gasteiger partial charge in [-0.15, -0.1) is 0 Å². The van der Waals surface area contributed by atoms with Gasteiger partial charge in [0.1, 0.15) is 12.7 Å². The summed E-state index contributed by atoms with van der Waals surface area (Å²) in [5.41, 5.74) is 0.962. The van der Waals surface area contributed by atoms with Crippen LogP contribution >= 0.6 is 11.6 Å². The molecule has 0 amide bonds. The molecule has 1 aliphatic rings. The number of fused-ring (bicyclic) bond motifs is 1. The van der Waals surface area contributed by atoms with E-state index in [0.717, 1.165) is 17.2 Å². The summed E-state index contributed by atoms with van der Waals surface area (Å²) in [7, 11) is 1.87. The lowest BCUT2D eigenvalue weighted by atomic mass is 10.2. The van der Waals surface area contributed by atoms with Crippen LogP contribution in [0.1, 0.15) is 5.69 Å². The van der Waals surface area contributed by atoms with Crippen molar-refractivity contribution in [1.82, 2.24) is 15.1 Å². The minimum absolute atomic E-state index is 0.00287. The molecule has 0 unspecified atom stereocenters. The first-order valence-electron chi connectivity index (χ1n) is 6.49. The number of aromatic nitrogens is 2. The van der Waals surface area contributed by atoms with Crippen LogP contribution in [0.3, 0.4) is 0 Å². The predicted molar refractivity (Wildman–Crippen MR) is 76.3 cm³/mol. The molecule has 1 atom stereocenters. The minimum atomic E-state index is -0.00287. The highest BCUT2D eigenvalue weighted by Crippen LogP contribution is 2.30. The zero-order chi connectivity index (χ0) is 13.9. The molecule has 1 N–H and O–H groups in total. The molecule has 1 aliphatic heterocycles. The molecule has 3 rings (SSSR count). The van der Waals surface area contributed by atoms with Crippen molar-refractivity contribution in [3.8, 4) is 11.5 Å². The number of hydrogen-bond acceptors (Lipinski definition) is 4. The molecular formula is C14H16ClN3O2. The van der Waals surface area contributed by atoms with Crippen molar-refractivity contribution < 1.29 is 9.47 Å². The molecule has 0 spiro atoms. The number of hydrogen-bond donors (Lipinski definition) is 1. The Kier molecular flexibility index (Phi) is 3.80. The Morgan fingerprint density at radius 3 is 2.95 bits per heavy atom. The summed E-state index contributed by atoms with van der Waals surface area (Å²) < 4.78 is 13.3. The van der Waals surface area contributed by atoms with Crippen LogP contribution in [0.2, 0.25) is 5.02 Å². The fourth-order valence-electron chi connectivity index (χ4n) is 2.15. The van der Waals surface area contributed by atoms with E-state index in [1.165, 1.54) is 0 Å². The molecule has 0 bridgehead atoms. The average Bonchev–Trinajstić information content (AvgIpc) is 2.79. The normalized spacial score (nSPS) is 17.2. The zero-order valence-electron chi connectivity index (χ0n) is 11.2. The van der Waals surface area contributed by atoms with Gasteiger partial charge in [-0.05, 0) is 12.1 Å². The average molecular weight is 294 g/mol. The molecule has 1 aromatic heterocycles. The summed E-state index contributed by atoms with van der Waals surface area (Å²) >= 11 is 6.05. The van der Waals surface area contributed by atoms with E-state index >= 15 is 0 Å². The van der Waals surface area contributed by atoms with E-state index in [0.29, 0.717) is 24.7 Å². The van der Waals surface area contributed by atoms with Gasteiger partial charge in [-0.1, -0.05) is 23.7 Å². The number of ether oxygens (including phenoxy) is 2. The molecule has 20 heavy (non-hydrogen) atoms. The van der Waals surface area contributed by atoms with Crippen molar-refractivity contribution in [1.29, 1.82) is 0 Å². The van der Waals surface area contributed by atoms with Crippen molar-refractivity contribution in [3.63, 3.8) is 0 Å². The summed E-state index contributed by atoms with van der Waals surface area (Å²) in [6.07, 6.45) is 1.64. The maximum absolute atomic E-state index is 6.05. The topological polar surface area (TPSA) is 48.3 Å². The first-order chi connectivity index (χ1) is 9.74. The van der Waals surface area contributed by atoms with Crippen molar-refractivity contribution in [3.05, 3.63) is 41.2 Å². The molecule has 2 heterocycles. The van der Waals surface area contributed by atoms with Gasteiger partial charge in [0, 0.05) is 20.1 Å². The van der Waals surface area contributed by atoms with Crippen LogP contribution in [-0.2, 0) is 13.6 Å². The third-order valence-electron chi connectivity index (χ3n) is 3.24. The zero-order valence-corrected chi connectivity index (χ0v) is 11.9. The number of nitrogens with zero attached hydrogens (tertiary/aromatic N) is 2. The second-order valence-corrected chi connectivity index (χ2v) is 5.10. The molecular weight excluding hydrogens is 278 g/mol. The highest BCUT2D eigenvalue weighted by Gasteiger charge is 2.20. The van der Waals surface area contributed by atoms with Gasteiger partial charge in [-0.2, -0.15) is 5.10 Å². The second-order valence-electron chi connectivity index (χ2n) is 4.69. The van der Waals surface area contributed by atoms with Crippen molar-refractivity contribution >= 4 is 11.6 Å². The van der Waals surface area contributed by atoms with Crippen LogP contribution in [0.25, 0.3) is 0 Å². The third-order valence-corrected chi connectivity index (χ3v) is 3.56. The van der Waals surface area contributed by atoms with Gasteiger partial charge in [0.05, 0.1) is 16.9 Å². The van der Waals surface area contributed by atoms with E-state index < -0.39 is 0 Å². The molecule has 2 aromatic rings. The molecule has 6 heteroatoms. The third kappa shape index (κ3) is 2.73. The van der Waals surface area contributed by atoms with Crippen molar-refractivity contribution in [2.24, 2.45) is 7.05 Å². The van der Waals surface area contributed by atoms with E-state index in [4.69, 9.17) is 21.1 Å². The van der Waals surface area contributed by atoms with E-state index in [1.54, 1.807) is 10.9 Å². The van der Waals surface area contributed by atoms with Crippen LogP contribution in [0.4, 0.5) is 0 Å². The smallest absolute Gasteiger partial charge is 0.161 e. The Hall–Kier alpha value is -1.72. The Morgan fingerprint density at radius 2 is 2.20 bits per heavy atom. The number of nitrogens with one attached hydrogen (secondary N) is 1. The lowest BCUT2D eigenvalue weighted by molar-refractivity contribution is 0.0901. The maximum atomic E-state index is 6.05. The number of aryl methyl sites for hydroxylation is 1. The summed E-state index contributed by atoms with van der Waals surface area (Å²) in [5, 5.41) is 8.09. The van der Waals surface area contributed by atoms with Crippen LogP contribution in [0.5, 0.6) is 11.5 Å². The van der Waals surface area contributed by atoms with Gasteiger partial charge in [-0.3, -0.25) is 4.68 Å². The molecule has 106 valence electrons. The Balaban J connectivity index is 1.53. The van der Waals surface area contributed by atoms with E-state index in [1.807, 2.05) is 31.3 Å². The summed E-state index contributed by atoms with van der Waals surface area (Å²) in [6.45, 7) is 1.88. The van der Waals surface area contributed by atoms with Crippen LogP contribution in [-0.4, -0.2) is 29.0 Å². The van der Waals surface area contributed by atoms with Gasteiger partial charge in [0.25, 0.3) is 0 Å². The molecule has 0 radical (unpaired) electrons. The number of para-hydroxylation sites is 2. The largest absolute Gasteiger partial charge is 0.486 e. The molecule has 0 saturated heterocycles. The SMILES string of the molecule is Cn1ncc(Cl)c1CNC[C@@H]1COc2ccccc2O1. The molecule has 0 fully saturated rings. The standard InChI is InChI=1S/C14H16ClN3O2/c1-18-12(11(15)7-17-18)8-16-6-10-9-19-13-4-2-3-5-14(13)20-10/h2-5,7,10,16H,6,8-9H2,1H3/t10-/m1/s1. The van der Waals surface area contributed by atoms with Gasteiger partial charge < -0.3 is 14.8 Å². The maximum Gasteiger partial charge on any atom is 0.161 e. The summed E-state index contributed by atoms with van der Waals surface area (Å²) in [4.78, 5) is 0. The van der Waals surface area contributed by atoms with Gasteiger partial charge in [-0.25, -0.2) is 0 Å². The Bertz CT molecular complexity index is 580. The van der Waals surface area contributed by atoms with Crippen molar-refractivity contribution in [2.45, 2.75) is 12.6 Å². The van der Waals surface area contributed by atoms with Gasteiger partial charge in [0.2, 0.25) is 0 Å². The minimum Gasteiger partial charge on any atom is -0.486 e.